The predicted octanol–water partition coefficient (Wildman–Crippen LogP) is -0.0837. The van der Waals surface area contributed by atoms with Crippen molar-refractivity contribution in [2.75, 3.05) is 7.11 Å². The lowest BCUT2D eigenvalue weighted by atomic mass is 9.93. The Balaban J connectivity index is 3.95. The van der Waals surface area contributed by atoms with Crippen molar-refractivity contribution in [3.63, 3.8) is 0 Å². The van der Waals surface area contributed by atoms with Gasteiger partial charge in [0.2, 0.25) is 0 Å². The third kappa shape index (κ3) is 6.36. The molecule has 0 amide bonds. The average molecular weight is 234 g/mol. The topological polar surface area (TPSA) is 104 Å². The molecule has 0 aliphatic heterocycles. The molecule has 0 radical (unpaired) electrons. The Morgan fingerprint density at radius 2 is 1.94 bits per heavy atom. The van der Waals surface area contributed by atoms with Crippen LogP contribution in [0.1, 0.15) is 32.6 Å². The number of carbonyl (C=O) groups excluding carboxylic acids is 1. The molecule has 94 valence electrons. The van der Waals surface area contributed by atoms with E-state index in [1.54, 1.807) is 0 Å². The Labute approximate surface area is 93.8 Å². The Morgan fingerprint density at radius 3 is 2.38 bits per heavy atom. The predicted molar refractivity (Wildman–Crippen MR) is 54.8 cm³/mol. The second-order valence-corrected chi connectivity index (χ2v) is 3.97. The highest BCUT2D eigenvalue weighted by atomic mass is 16.5. The Morgan fingerprint density at radius 1 is 1.38 bits per heavy atom. The van der Waals surface area contributed by atoms with E-state index in [1.807, 2.05) is 0 Å². The molecule has 6 nitrogen and oxygen atoms in total. The van der Waals surface area contributed by atoms with Gasteiger partial charge in [-0.25, -0.2) is 4.79 Å². The fraction of sp³-hybridized carbons (Fsp3) is 0.800. The molecule has 0 bridgehead atoms. The summed E-state index contributed by atoms with van der Waals surface area (Å²) in [5, 5.41) is 27.2. The number of rotatable bonds is 7. The standard InChI is InChI=1S/C10H18O6/c1-10(15,6-4-8(12)16-2)5-3-7(11)9(13)14/h7,11,15H,3-6H2,1-2H3,(H,13,14). The van der Waals surface area contributed by atoms with Crippen molar-refractivity contribution in [1.82, 2.24) is 0 Å². The van der Waals surface area contributed by atoms with Crippen LogP contribution in [0.5, 0.6) is 0 Å². The summed E-state index contributed by atoms with van der Waals surface area (Å²) in [7, 11) is 1.26. The zero-order valence-electron chi connectivity index (χ0n) is 9.47. The number of carboxylic acid groups (broad SMARTS) is 1. The first-order chi connectivity index (χ1) is 7.28. The molecule has 3 N–H and O–H groups in total. The van der Waals surface area contributed by atoms with Crippen LogP contribution in [0.15, 0.2) is 0 Å². The van der Waals surface area contributed by atoms with Gasteiger partial charge in [-0.15, -0.1) is 0 Å². The minimum absolute atomic E-state index is 0.0521. The molecular weight excluding hydrogens is 216 g/mol. The second kappa shape index (κ2) is 6.44. The summed E-state index contributed by atoms with van der Waals surface area (Å²) in [4.78, 5) is 21.2. The van der Waals surface area contributed by atoms with E-state index >= 15 is 0 Å². The van der Waals surface area contributed by atoms with Crippen molar-refractivity contribution in [2.45, 2.75) is 44.3 Å². The van der Waals surface area contributed by atoms with Crippen LogP contribution in [0.3, 0.4) is 0 Å². The fourth-order valence-corrected chi connectivity index (χ4v) is 1.17. The third-order valence-corrected chi connectivity index (χ3v) is 2.34. The molecule has 6 heteroatoms. The Hall–Kier alpha value is -1.14. The van der Waals surface area contributed by atoms with Crippen LogP contribution < -0.4 is 0 Å². The molecule has 0 aliphatic carbocycles. The lowest BCUT2D eigenvalue weighted by Crippen LogP contribution is -2.29. The summed E-state index contributed by atoms with van der Waals surface area (Å²) >= 11 is 0. The molecule has 0 saturated carbocycles. The van der Waals surface area contributed by atoms with E-state index in [0.29, 0.717) is 0 Å². The number of ether oxygens (including phenoxy) is 1. The van der Waals surface area contributed by atoms with Gasteiger partial charge in [-0.05, 0) is 26.2 Å². The van der Waals surface area contributed by atoms with Gasteiger partial charge in [0.05, 0.1) is 12.7 Å². The molecule has 0 rings (SSSR count). The summed E-state index contributed by atoms with van der Waals surface area (Å²) in [5.41, 5.74) is -1.18. The van der Waals surface area contributed by atoms with Gasteiger partial charge in [-0.3, -0.25) is 4.79 Å². The van der Waals surface area contributed by atoms with Gasteiger partial charge in [-0.2, -0.15) is 0 Å². The SMILES string of the molecule is COC(=O)CCC(C)(O)CCC(O)C(=O)O. The maximum absolute atomic E-state index is 10.8. The van der Waals surface area contributed by atoms with Crippen molar-refractivity contribution in [3.05, 3.63) is 0 Å². The maximum atomic E-state index is 10.8. The van der Waals surface area contributed by atoms with E-state index < -0.39 is 23.6 Å². The number of esters is 1. The molecule has 0 aromatic rings. The van der Waals surface area contributed by atoms with E-state index in [0.717, 1.165) is 0 Å². The molecular formula is C10H18O6. The average Bonchev–Trinajstić information content (AvgIpc) is 2.22. The van der Waals surface area contributed by atoms with E-state index in [1.165, 1.54) is 14.0 Å². The first-order valence-corrected chi connectivity index (χ1v) is 4.98. The van der Waals surface area contributed by atoms with E-state index in [4.69, 9.17) is 10.2 Å². The maximum Gasteiger partial charge on any atom is 0.332 e. The van der Waals surface area contributed by atoms with Crippen LogP contribution in [-0.2, 0) is 14.3 Å². The fourth-order valence-electron chi connectivity index (χ4n) is 1.17. The summed E-state index contributed by atoms with van der Waals surface area (Å²) in [6.07, 6.45) is -1.19. The van der Waals surface area contributed by atoms with Gasteiger partial charge >= 0.3 is 11.9 Å². The number of carboxylic acids is 1. The van der Waals surface area contributed by atoms with Gasteiger partial charge < -0.3 is 20.1 Å². The highest BCUT2D eigenvalue weighted by Crippen LogP contribution is 2.20. The first kappa shape index (κ1) is 14.9. The molecule has 2 atom stereocenters. The number of aliphatic carboxylic acids is 1. The lowest BCUT2D eigenvalue weighted by Gasteiger charge is -2.23. The van der Waals surface area contributed by atoms with Crippen molar-refractivity contribution in [2.24, 2.45) is 0 Å². The highest BCUT2D eigenvalue weighted by Gasteiger charge is 2.24. The van der Waals surface area contributed by atoms with Crippen LogP contribution in [0.4, 0.5) is 0 Å². The molecule has 0 aromatic heterocycles. The third-order valence-electron chi connectivity index (χ3n) is 2.34. The minimum atomic E-state index is -1.48. The highest BCUT2D eigenvalue weighted by molar-refractivity contribution is 5.71. The normalized spacial score (nSPS) is 16.2. The summed E-state index contributed by atoms with van der Waals surface area (Å²) < 4.78 is 4.42. The van der Waals surface area contributed by atoms with Gasteiger partial charge in [0.25, 0.3) is 0 Å². The monoisotopic (exact) mass is 234 g/mol. The first-order valence-electron chi connectivity index (χ1n) is 4.98. The molecule has 0 fully saturated rings. The molecule has 0 aromatic carbocycles. The summed E-state index contributed by atoms with van der Waals surface area (Å²) in [5.74, 6) is -1.75. The van der Waals surface area contributed by atoms with Gasteiger partial charge in [0.15, 0.2) is 6.10 Å². The lowest BCUT2D eigenvalue weighted by molar-refractivity contribution is -0.148. The zero-order valence-corrected chi connectivity index (χ0v) is 9.47. The van der Waals surface area contributed by atoms with Crippen LogP contribution in [0.2, 0.25) is 0 Å². The number of hydrogen-bond acceptors (Lipinski definition) is 5. The largest absolute Gasteiger partial charge is 0.479 e. The number of hydrogen-bond donors (Lipinski definition) is 3. The zero-order chi connectivity index (χ0) is 12.8. The molecule has 16 heavy (non-hydrogen) atoms. The van der Waals surface area contributed by atoms with Gasteiger partial charge in [-0.1, -0.05) is 0 Å². The summed E-state index contributed by atoms with van der Waals surface area (Å²) in [6, 6.07) is 0. The van der Waals surface area contributed by atoms with Crippen molar-refractivity contribution < 1.29 is 29.6 Å². The number of aliphatic hydroxyl groups is 2. The Bertz CT molecular complexity index is 248. The van der Waals surface area contributed by atoms with E-state index in [2.05, 4.69) is 4.74 Å². The molecule has 0 aliphatic rings. The van der Waals surface area contributed by atoms with Crippen molar-refractivity contribution >= 4 is 11.9 Å². The molecule has 0 saturated heterocycles. The van der Waals surface area contributed by atoms with E-state index in [9.17, 15) is 14.7 Å². The van der Waals surface area contributed by atoms with Crippen LogP contribution >= 0.6 is 0 Å². The molecule has 0 heterocycles. The van der Waals surface area contributed by atoms with Crippen molar-refractivity contribution in [1.29, 1.82) is 0 Å². The van der Waals surface area contributed by atoms with E-state index in [-0.39, 0.29) is 25.7 Å². The summed E-state index contributed by atoms with van der Waals surface area (Å²) in [6.45, 7) is 1.49. The van der Waals surface area contributed by atoms with Crippen LogP contribution in [-0.4, -0.2) is 46.1 Å². The van der Waals surface area contributed by atoms with Crippen molar-refractivity contribution in [3.8, 4) is 0 Å². The minimum Gasteiger partial charge on any atom is -0.479 e. The van der Waals surface area contributed by atoms with Crippen LogP contribution in [0.25, 0.3) is 0 Å². The van der Waals surface area contributed by atoms with Crippen LogP contribution in [0, 0.1) is 0 Å². The number of methoxy groups -OCH3 is 1. The number of aliphatic hydroxyl groups excluding tert-OH is 1. The van der Waals surface area contributed by atoms with Gasteiger partial charge in [0, 0.05) is 6.42 Å². The van der Waals surface area contributed by atoms with Gasteiger partial charge in [0.1, 0.15) is 0 Å². The quantitative estimate of drug-likeness (QED) is 0.532. The number of carbonyl (C=O) groups is 2. The second-order valence-electron chi connectivity index (χ2n) is 3.97. The smallest absolute Gasteiger partial charge is 0.332 e. The Kier molecular flexibility index (Phi) is 5.98. The molecule has 0 spiro atoms. The molecule has 2 unspecified atom stereocenters.